The fraction of sp³-hybridized carbons (Fsp3) is 0.278. The maximum atomic E-state index is 11.3. The number of aromatic carboxylic acids is 1. The van der Waals surface area contributed by atoms with Crippen LogP contribution in [0.1, 0.15) is 33.0 Å². The largest absolute Gasteiger partial charge is 0.477 e. The van der Waals surface area contributed by atoms with Crippen LogP contribution in [0, 0.1) is 6.92 Å². The van der Waals surface area contributed by atoms with Crippen LogP contribution < -0.4 is 5.32 Å². The van der Waals surface area contributed by atoms with Gasteiger partial charge in [0.25, 0.3) is 0 Å². The average molecular weight is 341 g/mol. The van der Waals surface area contributed by atoms with Gasteiger partial charge in [0.2, 0.25) is 0 Å². The number of nitrogens with zero attached hydrogens (tertiary/aromatic N) is 2. The molecule has 0 amide bonds. The maximum Gasteiger partial charge on any atom is 0.346 e. The van der Waals surface area contributed by atoms with Gasteiger partial charge in [-0.25, -0.2) is 14.8 Å². The molecule has 2 aromatic heterocycles. The molecule has 0 fully saturated rings. The first-order valence-corrected chi connectivity index (χ1v) is 8.66. The lowest BCUT2D eigenvalue weighted by Crippen LogP contribution is -2.02. The van der Waals surface area contributed by atoms with E-state index >= 15 is 0 Å². The Morgan fingerprint density at radius 2 is 1.96 bits per heavy atom. The molecule has 0 unspecified atom stereocenters. The molecule has 0 saturated carbocycles. The van der Waals surface area contributed by atoms with Crippen LogP contribution >= 0.6 is 11.3 Å². The zero-order valence-corrected chi connectivity index (χ0v) is 14.5. The Balaban J connectivity index is 1.85. The molecule has 0 spiro atoms. The molecule has 0 aliphatic rings. The number of aryl methyl sites for hydroxylation is 3. The number of carbonyl (C=O) groups is 1. The third-order valence-corrected chi connectivity index (χ3v) is 5.15. The summed E-state index contributed by atoms with van der Waals surface area (Å²) in [5.74, 6) is 0.542. The Morgan fingerprint density at radius 3 is 2.62 bits per heavy atom. The van der Waals surface area contributed by atoms with Crippen molar-refractivity contribution < 1.29 is 9.90 Å². The molecular formula is C18H19N3O2S. The van der Waals surface area contributed by atoms with Crippen LogP contribution in [0.15, 0.2) is 30.3 Å². The van der Waals surface area contributed by atoms with Crippen LogP contribution in [0.4, 0.5) is 5.82 Å². The number of hydrogen-bond donors (Lipinski definition) is 2. The number of anilines is 1. The van der Waals surface area contributed by atoms with Crippen molar-refractivity contribution in [1.82, 2.24) is 9.97 Å². The van der Waals surface area contributed by atoms with Gasteiger partial charge >= 0.3 is 5.97 Å². The van der Waals surface area contributed by atoms with Gasteiger partial charge < -0.3 is 10.4 Å². The normalized spacial score (nSPS) is 10.9. The minimum Gasteiger partial charge on any atom is -0.477 e. The van der Waals surface area contributed by atoms with Gasteiger partial charge in [-0.05, 0) is 30.9 Å². The van der Waals surface area contributed by atoms with Gasteiger partial charge in [-0.1, -0.05) is 30.3 Å². The van der Waals surface area contributed by atoms with Gasteiger partial charge in [-0.15, -0.1) is 11.3 Å². The van der Waals surface area contributed by atoms with Crippen LogP contribution in [-0.2, 0) is 12.8 Å². The number of rotatable bonds is 6. The number of aromatic nitrogens is 2. The molecule has 2 heterocycles. The summed E-state index contributed by atoms with van der Waals surface area (Å²) in [6, 6.07) is 10.3. The van der Waals surface area contributed by atoms with E-state index < -0.39 is 5.97 Å². The Hall–Kier alpha value is -2.47. The Labute approximate surface area is 144 Å². The lowest BCUT2D eigenvalue weighted by molar-refractivity contribution is 0.0701. The molecule has 24 heavy (non-hydrogen) atoms. The van der Waals surface area contributed by atoms with Gasteiger partial charge in [-0.3, -0.25) is 0 Å². The molecule has 0 saturated heterocycles. The Kier molecular flexibility index (Phi) is 4.76. The topological polar surface area (TPSA) is 75.1 Å². The highest BCUT2D eigenvalue weighted by molar-refractivity contribution is 7.20. The number of thiophene rings is 1. The van der Waals surface area contributed by atoms with Gasteiger partial charge in [0, 0.05) is 13.5 Å². The Morgan fingerprint density at radius 1 is 1.21 bits per heavy atom. The second-order valence-corrected chi connectivity index (χ2v) is 6.62. The van der Waals surface area contributed by atoms with Crippen molar-refractivity contribution in [1.29, 1.82) is 0 Å². The van der Waals surface area contributed by atoms with E-state index in [4.69, 9.17) is 0 Å². The number of carboxylic acid groups (broad SMARTS) is 1. The van der Waals surface area contributed by atoms with E-state index in [-0.39, 0.29) is 0 Å². The number of hydrogen-bond acceptors (Lipinski definition) is 5. The van der Waals surface area contributed by atoms with E-state index in [0.29, 0.717) is 10.7 Å². The van der Waals surface area contributed by atoms with Crippen LogP contribution in [0.2, 0.25) is 0 Å². The zero-order valence-electron chi connectivity index (χ0n) is 13.7. The fourth-order valence-electron chi connectivity index (χ4n) is 2.78. The van der Waals surface area contributed by atoms with Crippen LogP contribution in [0.3, 0.4) is 0 Å². The van der Waals surface area contributed by atoms with Crippen molar-refractivity contribution in [3.05, 3.63) is 52.2 Å². The summed E-state index contributed by atoms with van der Waals surface area (Å²) in [5.41, 5.74) is 2.02. The highest BCUT2D eigenvalue weighted by Crippen LogP contribution is 2.33. The first kappa shape index (κ1) is 16.4. The first-order chi connectivity index (χ1) is 11.6. The lowest BCUT2D eigenvalue weighted by atomic mass is 10.1. The summed E-state index contributed by atoms with van der Waals surface area (Å²) < 4.78 is 0. The first-order valence-electron chi connectivity index (χ1n) is 7.85. The third-order valence-electron chi connectivity index (χ3n) is 3.98. The molecule has 5 nitrogen and oxygen atoms in total. The quantitative estimate of drug-likeness (QED) is 0.711. The van der Waals surface area contributed by atoms with Crippen LogP contribution in [-0.4, -0.2) is 28.1 Å². The molecule has 0 bridgehead atoms. The molecule has 3 aromatic rings. The molecule has 1 aromatic carbocycles. The summed E-state index contributed by atoms with van der Waals surface area (Å²) in [6.07, 6.45) is 2.69. The van der Waals surface area contributed by atoms with Crippen molar-refractivity contribution in [2.24, 2.45) is 0 Å². The second-order valence-electron chi connectivity index (χ2n) is 5.62. The molecular weight excluding hydrogens is 322 g/mol. The standard InChI is InChI=1S/C18H19N3O2S/c1-11-14-16(19-2)20-13(21-17(14)24-15(11)18(22)23)10-6-9-12-7-4-3-5-8-12/h3-5,7-8H,6,9-10H2,1-2H3,(H,22,23)(H,19,20,21). The van der Waals surface area contributed by atoms with Gasteiger partial charge in [0.05, 0.1) is 5.39 Å². The number of benzene rings is 1. The van der Waals surface area contributed by atoms with E-state index in [1.54, 1.807) is 7.05 Å². The van der Waals surface area contributed by atoms with Crippen molar-refractivity contribution >= 4 is 33.3 Å². The monoisotopic (exact) mass is 341 g/mol. The molecule has 0 atom stereocenters. The summed E-state index contributed by atoms with van der Waals surface area (Å²) in [6.45, 7) is 1.81. The maximum absolute atomic E-state index is 11.3. The summed E-state index contributed by atoms with van der Waals surface area (Å²) in [4.78, 5) is 21.6. The predicted molar refractivity (Wildman–Crippen MR) is 97.1 cm³/mol. The average Bonchev–Trinajstić information content (AvgIpc) is 2.92. The van der Waals surface area contributed by atoms with Crippen LogP contribution in [0.25, 0.3) is 10.2 Å². The SMILES string of the molecule is CNc1nc(CCCc2ccccc2)nc2sc(C(=O)O)c(C)c12. The number of nitrogens with one attached hydrogen (secondary N) is 1. The third kappa shape index (κ3) is 3.23. The van der Waals surface area contributed by atoms with E-state index in [0.717, 1.165) is 40.9 Å². The molecule has 6 heteroatoms. The minimum atomic E-state index is -0.914. The highest BCUT2D eigenvalue weighted by Gasteiger charge is 2.19. The van der Waals surface area contributed by atoms with E-state index in [1.165, 1.54) is 16.9 Å². The summed E-state index contributed by atoms with van der Waals surface area (Å²) in [5, 5.41) is 13.2. The molecule has 3 rings (SSSR count). The van der Waals surface area contributed by atoms with Crippen molar-refractivity contribution in [3.8, 4) is 0 Å². The van der Waals surface area contributed by atoms with Crippen molar-refractivity contribution in [2.45, 2.75) is 26.2 Å². The van der Waals surface area contributed by atoms with Gasteiger partial charge in [0.15, 0.2) is 0 Å². The number of carboxylic acids is 1. The molecule has 0 radical (unpaired) electrons. The fourth-order valence-corrected chi connectivity index (χ4v) is 3.81. The smallest absolute Gasteiger partial charge is 0.346 e. The summed E-state index contributed by atoms with van der Waals surface area (Å²) in [7, 11) is 1.80. The van der Waals surface area contributed by atoms with Crippen LogP contribution in [0.5, 0.6) is 0 Å². The van der Waals surface area contributed by atoms with Gasteiger partial charge in [-0.2, -0.15) is 0 Å². The van der Waals surface area contributed by atoms with Gasteiger partial charge in [0.1, 0.15) is 21.3 Å². The predicted octanol–water partition coefficient (Wildman–Crippen LogP) is 3.91. The highest BCUT2D eigenvalue weighted by atomic mass is 32.1. The minimum absolute atomic E-state index is 0.331. The molecule has 124 valence electrons. The summed E-state index contributed by atoms with van der Waals surface area (Å²) >= 11 is 1.21. The zero-order chi connectivity index (χ0) is 17.1. The second kappa shape index (κ2) is 6.97. The van der Waals surface area contributed by atoms with E-state index in [1.807, 2.05) is 25.1 Å². The molecule has 2 N–H and O–H groups in total. The van der Waals surface area contributed by atoms with Crippen molar-refractivity contribution in [3.63, 3.8) is 0 Å². The van der Waals surface area contributed by atoms with E-state index in [9.17, 15) is 9.90 Å². The lowest BCUT2D eigenvalue weighted by Gasteiger charge is -2.06. The van der Waals surface area contributed by atoms with Crippen molar-refractivity contribution in [2.75, 3.05) is 12.4 Å². The van der Waals surface area contributed by atoms with E-state index in [2.05, 4.69) is 27.4 Å². The molecule has 0 aliphatic carbocycles. The molecule has 0 aliphatic heterocycles. The number of fused-ring (bicyclic) bond motifs is 1. The Bertz CT molecular complexity index is 875.